The molecule has 1 saturated carbocycles. The van der Waals surface area contributed by atoms with Crippen molar-refractivity contribution in [3.63, 3.8) is 0 Å². The number of hydrogen-bond acceptors (Lipinski definition) is 1. The molecule has 0 aromatic rings. The highest BCUT2D eigenvalue weighted by Crippen LogP contribution is 2.26. The molecule has 1 heteroatoms. The molecule has 1 N–H and O–H groups in total. The van der Waals surface area contributed by atoms with Crippen LogP contribution in [0.25, 0.3) is 0 Å². The molecule has 0 heterocycles. The maximum atomic E-state index is 3.70. The van der Waals surface area contributed by atoms with Crippen molar-refractivity contribution in [3.8, 4) is 0 Å². The maximum absolute atomic E-state index is 3.70. The molecule has 2 atom stereocenters. The van der Waals surface area contributed by atoms with Crippen molar-refractivity contribution < 1.29 is 0 Å². The molecule has 14 heavy (non-hydrogen) atoms. The summed E-state index contributed by atoms with van der Waals surface area (Å²) in [6.45, 7) is 8.19. The van der Waals surface area contributed by atoms with Gasteiger partial charge in [0.25, 0.3) is 0 Å². The first-order valence-electron chi connectivity index (χ1n) is 6.47. The van der Waals surface area contributed by atoms with Crippen LogP contribution in [0.5, 0.6) is 0 Å². The Labute approximate surface area is 89.7 Å². The first-order valence-corrected chi connectivity index (χ1v) is 6.47. The lowest BCUT2D eigenvalue weighted by Crippen LogP contribution is -2.37. The fraction of sp³-hybridized carbons (Fsp3) is 1.00. The van der Waals surface area contributed by atoms with Crippen LogP contribution in [0.3, 0.4) is 0 Å². The topological polar surface area (TPSA) is 12.0 Å². The van der Waals surface area contributed by atoms with E-state index in [1.807, 2.05) is 0 Å². The molecule has 0 saturated heterocycles. The third kappa shape index (κ3) is 4.00. The van der Waals surface area contributed by atoms with Crippen LogP contribution < -0.4 is 5.32 Å². The molecule has 0 amide bonds. The Morgan fingerprint density at radius 1 is 1.14 bits per heavy atom. The quantitative estimate of drug-likeness (QED) is 0.710. The predicted molar refractivity (Wildman–Crippen MR) is 63.5 cm³/mol. The van der Waals surface area contributed by atoms with Crippen LogP contribution in [0.15, 0.2) is 0 Å². The van der Waals surface area contributed by atoms with Crippen molar-refractivity contribution in [2.24, 2.45) is 11.8 Å². The average Bonchev–Trinajstić information content (AvgIpc) is 2.26. The summed E-state index contributed by atoms with van der Waals surface area (Å²) in [7, 11) is 0. The van der Waals surface area contributed by atoms with Crippen molar-refractivity contribution >= 4 is 0 Å². The molecular weight excluding hydrogens is 170 g/mol. The highest BCUT2D eigenvalue weighted by Gasteiger charge is 2.19. The molecule has 0 aromatic carbocycles. The molecular formula is C13H27N. The molecule has 0 bridgehead atoms. The molecule has 0 aromatic heterocycles. The molecule has 0 spiro atoms. The third-order valence-electron chi connectivity index (χ3n) is 3.84. The Hall–Kier alpha value is -0.0400. The Bertz CT molecular complexity index is 138. The minimum atomic E-state index is 0.740. The largest absolute Gasteiger partial charge is 0.314 e. The smallest absolute Gasteiger partial charge is 0.00671 e. The summed E-state index contributed by atoms with van der Waals surface area (Å²) < 4.78 is 0. The number of rotatable bonds is 5. The van der Waals surface area contributed by atoms with Gasteiger partial charge < -0.3 is 5.32 Å². The molecule has 1 aliphatic carbocycles. The van der Waals surface area contributed by atoms with E-state index >= 15 is 0 Å². The van der Waals surface area contributed by atoms with E-state index in [1.165, 1.54) is 45.1 Å². The highest BCUT2D eigenvalue weighted by molar-refractivity contribution is 4.76. The van der Waals surface area contributed by atoms with E-state index in [9.17, 15) is 0 Å². The minimum absolute atomic E-state index is 0.740. The first-order chi connectivity index (χ1) is 6.74. The molecule has 0 unspecified atom stereocenters. The van der Waals surface area contributed by atoms with E-state index in [0.717, 1.165) is 17.9 Å². The van der Waals surface area contributed by atoms with Gasteiger partial charge in [-0.3, -0.25) is 0 Å². The Morgan fingerprint density at radius 2 is 1.79 bits per heavy atom. The van der Waals surface area contributed by atoms with E-state index in [4.69, 9.17) is 0 Å². The summed E-state index contributed by atoms with van der Waals surface area (Å²) in [5.74, 6) is 1.79. The van der Waals surface area contributed by atoms with Crippen molar-refractivity contribution in [1.29, 1.82) is 0 Å². The van der Waals surface area contributed by atoms with Crippen LogP contribution in [0.1, 0.15) is 59.3 Å². The highest BCUT2D eigenvalue weighted by atomic mass is 14.9. The lowest BCUT2D eigenvalue weighted by atomic mass is 9.84. The summed E-state index contributed by atoms with van der Waals surface area (Å²) in [5, 5.41) is 3.70. The van der Waals surface area contributed by atoms with Gasteiger partial charge in [0.05, 0.1) is 0 Å². The van der Waals surface area contributed by atoms with Crippen molar-refractivity contribution in [2.75, 3.05) is 6.54 Å². The normalized spacial score (nSPS) is 23.4. The van der Waals surface area contributed by atoms with Crippen molar-refractivity contribution in [1.82, 2.24) is 5.32 Å². The van der Waals surface area contributed by atoms with Crippen LogP contribution in [0.4, 0.5) is 0 Å². The SMILES string of the molecule is CC[C@@H](C)CN[C@H](C)C1CCCCC1. The second-order valence-electron chi connectivity index (χ2n) is 5.11. The van der Waals surface area contributed by atoms with Crippen LogP contribution in [0, 0.1) is 11.8 Å². The van der Waals surface area contributed by atoms with Gasteiger partial charge in [-0.25, -0.2) is 0 Å². The van der Waals surface area contributed by atoms with E-state index in [2.05, 4.69) is 26.1 Å². The van der Waals surface area contributed by atoms with Gasteiger partial charge in [0.1, 0.15) is 0 Å². The van der Waals surface area contributed by atoms with E-state index < -0.39 is 0 Å². The Balaban J connectivity index is 2.16. The van der Waals surface area contributed by atoms with Crippen LogP contribution in [-0.4, -0.2) is 12.6 Å². The zero-order valence-electron chi connectivity index (χ0n) is 10.2. The second-order valence-corrected chi connectivity index (χ2v) is 5.11. The molecule has 0 aliphatic heterocycles. The summed E-state index contributed by atoms with van der Waals surface area (Å²) in [6.07, 6.45) is 8.59. The monoisotopic (exact) mass is 197 g/mol. The fourth-order valence-electron chi connectivity index (χ4n) is 2.33. The molecule has 1 nitrogen and oxygen atoms in total. The molecule has 84 valence electrons. The van der Waals surface area contributed by atoms with Crippen LogP contribution in [-0.2, 0) is 0 Å². The van der Waals surface area contributed by atoms with Gasteiger partial charge in [-0.1, -0.05) is 39.5 Å². The number of nitrogens with one attached hydrogen (secondary N) is 1. The summed E-state index contributed by atoms with van der Waals surface area (Å²) in [6, 6.07) is 0.740. The van der Waals surface area contributed by atoms with Gasteiger partial charge in [-0.15, -0.1) is 0 Å². The Kier molecular flexibility index (Phi) is 5.54. The van der Waals surface area contributed by atoms with E-state index in [1.54, 1.807) is 0 Å². The summed E-state index contributed by atoms with van der Waals surface area (Å²) in [4.78, 5) is 0. The van der Waals surface area contributed by atoms with Crippen molar-refractivity contribution in [3.05, 3.63) is 0 Å². The zero-order valence-corrected chi connectivity index (χ0v) is 10.2. The average molecular weight is 197 g/mol. The van der Waals surface area contributed by atoms with Gasteiger partial charge in [-0.05, 0) is 38.1 Å². The van der Waals surface area contributed by atoms with Gasteiger partial charge in [-0.2, -0.15) is 0 Å². The molecule has 1 aliphatic rings. The standard InChI is InChI=1S/C13H27N/c1-4-11(2)10-14-12(3)13-8-6-5-7-9-13/h11-14H,4-10H2,1-3H3/t11-,12-/m1/s1. The van der Waals surface area contributed by atoms with Crippen LogP contribution in [0.2, 0.25) is 0 Å². The summed E-state index contributed by atoms with van der Waals surface area (Å²) >= 11 is 0. The van der Waals surface area contributed by atoms with Gasteiger partial charge >= 0.3 is 0 Å². The number of hydrogen-bond donors (Lipinski definition) is 1. The second kappa shape index (κ2) is 6.44. The molecule has 1 rings (SSSR count). The lowest BCUT2D eigenvalue weighted by Gasteiger charge is -2.29. The molecule has 0 radical (unpaired) electrons. The van der Waals surface area contributed by atoms with E-state index in [-0.39, 0.29) is 0 Å². The minimum Gasteiger partial charge on any atom is -0.314 e. The van der Waals surface area contributed by atoms with Crippen LogP contribution >= 0.6 is 0 Å². The van der Waals surface area contributed by atoms with Gasteiger partial charge in [0.2, 0.25) is 0 Å². The van der Waals surface area contributed by atoms with Gasteiger partial charge in [0, 0.05) is 6.04 Å². The zero-order chi connectivity index (χ0) is 10.4. The maximum Gasteiger partial charge on any atom is 0.00671 e. The lowest BCUT2D eigenvalue weighted by molar-refractivity contribution is 0.273. The van der Waals surface area contributed by atoms with Gasteiger partial charge in [0.15, 0.2) is 0 Å². The first kappa shape index (κ1) is 12.0. The third-order valence-corrected chi connectivity index (χ3v) is 3.84. The fourth-order valence-corrected chi connectivity index (χ4v) is 2.33. The molecule has 1 fully saturated rings. The Morgan fingerprint density at radius 3 is 2.36 bits per heavy atom. The van der Waals surface area contributed by atoms with Crippen molar-refractivity contribution in [2.45, 2.75) is 65.3 Å². The van der Waals surface area contributed by atoms with E-state index in [0.29, 0.717) is 0 Å². The summed E-state index contributed by atoms with van der Waals surface area (Å²) in [5.41, 5.74) is 0. The predicted octanol–water partition coefficient (Wildman–Crippen LogP) is 3.59.